The van der Waals surface area contributed by atoms with Crippen LogP contribution in [-0.4, -0.2) is 71.6 Å². The minimum absolute atomic E-state index is 0.359. The average molecular weight is 551 g/mol. The Morgan fingerprint density at radius 3 is 2.77 bits per heavy atom. The highest BCUT2D eigenvalue weighted by molar-refractivity contribution is 6.34. The lowest BCUT2D eigenvalue weighted by Gasteiger charge is -2.39. The molecule has 2 aliphatic heterocycles. The van der Waals surface area contributed by atoms with E-state index in [2.05, 4.69) is 32.8 Å². The molecule has 0 spiro atoms. The number of fused-ring (bicyclic) bond motifs is 2. The molecule has 2 aliphatic rings. The first-order valence-electron chi connectivity index (χ1n) is 13.0. The summed E-state index contributed by atoms with van der Waals surface area (Å²) in [5.74, 6) is -0.0551. The number of hydrogen-bond donors (Lipinski definition) is 1. The molecule has 39 heavy (non-hydrogen) atoms. The number of nitrogens with zero attached hydrogens (tertiary/aromatic N) is 8. The largest absolute Gasteiger partial charge is 0.479 e. The number of aliphatic hydroxyl groups excluding tert-OH is 1. The Bertz CT molecular complexity index is 1540. The fourth-order valence-electron chi connectivity index (χ4n) is 5.57. The zero-order valence-corrected chi connectivity index (χ0v) is 22.2. The summed E-state index contributed by atoms with van der Waals surface area (Å²) >= 11 is 6.45. The van der Waals surface area contributed by atoms with Crippen molar-refractivity contribution in [3.63, 3.8) is 0 Å². The van der Waals surface area contributed by atoms with Crippen LogP contribution in [0.3, 0.4) is 0 Å². The molecule has 10 nitrogen and oxygen atoms in total. The molecule has 1 N–H and O–H groups in total. The van der Waals surface area contributed by atoms with E-state index in [4.69, 9.17) is 21.4 Å². The first kappa shape index (κ1) is 25.6. The highest BCUT2D eigenvalue weighted by Crippen LogP contribution is 2.36. The van der Waals surface area contributed by atoms with Gasteiger partial charge in [0, 0.05) is 44.0 Å². The molecule has 6 rings (SSSR count). The van der Waals surface area contributed by atoms with Crippen molar-refractivity contribution < 1.29 is 14.2 Å². The van der Waals surface area contributed by atoms with Crippen molar-refractivity contribution in [2.45, 2.75) is 45.0 Å². The fraction of sp³-hybridized carbons (Fsp3) is 0.407. The number of halogens is 2. The number of hydrogen-bond acceptors (Lipinski definition) is 8. The summed E-state index contributed by atoms with van der Waals surface area (Å²) in [4.78, 5) is 8.42. The second-order valence-corrected chi connectivity index (χ2v) is 10.4. The van der Waals surface area contributed by atoms with Crippen molar-refractivity contribution >= 4 is 17.1 Å². The molecular weight excluding hydrogens is 523 g/mol. The maximum atomic E-state index is 13.4. The predicted octanol–water partition coefficient (Wildman–Crippen LogP) is 3.57. The van der Waals surface area contributed by atoms with E-state index >= 15 is 0 Å². The molecule has 1 saturated heterocycles. The maximum Gasteiger partial charge on any atom is 0.179 e. The molecule has 202 valence electrons. The molecule has 0 bridgehead atoms. The number of ether oxygens (including phenoxy) is 1. The first-order valence-corrected chi connectivity index (χ1v) is 13.3. The van der Waals surface area contributed by atoms with Crippen LogP contribution in [0.4, 0.5) is 4.39 Å². The van der Waals surface area contributed by atoms with Gasteiger partial charge in [0.25, 0.3) is 0 Å². The predicted molar refractivity (Wildman–Crippen MR) is 141 cm³/mol. The van der Waals surface area contributed by atoms with Crippen molar-refractivity contribution in [3.05, 3.63) is 64.6 Å². The lowest BCUT2D eigenvalue weighted by molar-refractivity contribution is 0.102. The van der Waals surface area contributed by atoms with Crippen LogP contribution in [0.25, 0.3) is 16.8 Å². The van der Waals surface area contributed by atoms with Gasteiger partial charge in [-0.25, -0.2) is 8.91 Å². The van der Waals surface area contributed by atoms with Crippen LogP contribution < -0.4 is 4.74 Å². The van der Waals surface area contributed by atoms with Crippen LogP contribution in [0, 0.1) is 24.2 Å². The van der Waals surface area contributed by atoms with Gasteiger partial charge in [0.2, 0.25) is 0 Å². The number of aromatic nitrogens is 5. The lowest BCUT2D eigenvalue weighted by Crippen LogP contribution is -2.46. The molecule has 0 radical (unpaired) electrons. The van der Waals surface area contributed by atoms with E-state index in [1.54, 1.807) is 4.52 Å². The van der Waals surface area contributed by atoms with Gasteiger partial charge in [0.1, 0.15) is 17.1 Å². The van der Waals surface area contributed by atoms with Crippen molar-refractivity contribution in [3.8, 4) is 23.2 Å². The molecule has 0 saturated carbocycles. The van der Waals surface area contributed by atoms with Crippen LogP contribution >= 0.6 is 11.6 Å². The minimum Gasteiger partial charge on any atom is -0.479 e. The normalized spacial score (nSPS) is 17.3. The third-order valence-electron chi connectivity index (χ3n) is 7.72. The van der Waals surface area contributed by atoms with Crippen molar-refractivity contribution in [2.24, 2.45) is 0 Å². The summed E-state index contributed by atoms with van der Waals surface area (Å²) in [6.07, 6.45) is 7.91. The third kappa shape index (κ3) is 4.80. The van der Waals surface area contributed by atoms with Gasteiger partial charge < -0.3 is 14.7 Å². The monoisotopic (exact) mass is 550 g/mol. The van der Waals surface area contributed by atoms with E-state index in [0.717, 1.165) is 68.6 Å². The molecule has 1 unspecified atom stereocenters. The van der Waals surface area contributed by atoms with Crippen molar-refractivity contribution in [1.82, 2.24) is 34.2 Å². The standard InChI is InChI=1S/C27H28ClFN8O2/c1-17-23-14-35(20-4-6-34(16-30)7-5-20)8-9-36(23)33-26(17)18-10-24(27-21(28)12-32-37(27)13-18)39-25(15-38)22-3-2-19(29)11-31-22/h2-3,10-13,20,25,38H,4-9,14-15H2,1H3. The number of rotatable bonds is 6. The Morgan fingerprint density at radius 1 is 1.23 bits per heavy atom. The van der Waals surface area contributed by atoms with Gasteiger partial charge in [-0.15, -0.1) is 0 Å². The summed E-state index contributed by atoms with van der Waals surface area (Å²) in [7, 11) is 0. The van der Waals surface area contributed by atoms with Crippen LogP contribution in [0.2, 0.25) is 5.02 Å². The zero-order valence-electron chi connectivity index (χ0n) is 21.5. The van der Waals surface area contributed by atoms with Crippen molar-refractivity contribution in [1.29, 1.82) is 5.26 Å². The maximum absolute atomic E-state index is 13.4. The molecule has 6 heterocycles. The summed E-state index contributed by atoms with van der Waals surface area (Å²) in [6, 6.07) is 5.07. The molecule has 4 aromatic rings. The Kier molecular flexibility index (Phi) is 6.85. The molecule has 0 amide bonds. The van der Waals surface area contributed by atoms with Gasteiger partial charge >= 0.3 is 0 Å². The second-order valence-electron chi connectivity index (χ2n) is 10.0. The summed E-state index contributed by atoms with van der Waals surface area (Å²) in [6.45, 7) is 5.83. The first-order chi connectivity index (χ1) is 18.9. The number of aliphatic hydroxyl groups is 1. The second kappa shape index (κ2) is 10.4. The Labute approximate surface area is 229 Å². The van der Waals surface area contributed by atoms with E-state index < -0.39 is 11.9 Å². The Morgan fingerprint density at radius 2 is 2.05 bits per heavy atom. The molecule has 12 heteroatoms. The third-order valence-corrected chi connectivity index (χ3v) is 7.99. The number of piperidine rings is 1. The van der Waals surface area contributed by atoms with Gasteiger partial charge in [-0.1, -0.05) is 11.6 Å². The Hall–Kier alpha value is -3.72. The topological polar surface area (TPSA) is 108 Å². The molecule has 1 fully saturated rings. The quantitative estimate of drug-likeness (QED) is 0.363. The summed E-state index contributed by atoms with van der Waals surface area (Å²) < 4.78 is 23.3. The average Bonchev–Trinajstić information content (AvgIpc) is 3.51. The van der Waals surface area contributed by atoms with Crippen molar-refractivity contribution in [2.75, 3.05) is 26.2 Å². The Balaban J connectivity index is 1.31. The van der Waals surface area contributed by atoms with E-state index in [0.29, 0.717) is 28.0 Å². The highest BCUT2D eigenvalue weighted by atomic mass is 35.5. The number of nitriles is 1. The smallest absolute Gasteiger partial charge is 0.179 e. The molecule has 0 aliphatic carbocycles. The van der Waals surface area contributed by atoms with Crippen LogP contribution in [0.5, 0.6) is 5.75 Å². The highest BCUT2D eigenvalue weighted by Gasteiger charge is 2.30. The van der Waals surface area contributed by atoms with E-state index in [-0.39, 0.29) is 6.61 Å². The molecule has 4 aromatic heterocycles. The van der Waals surface area contributed by atoms with Crippen LogP contribution in [0.1, 0.15) is 35.9 Å². The lowest BCUT2D eigenvalue weighted by atomic mass is 10.0. The van der Waals surface area contributed by atoms with Gasteiger partial charge in [-0.2, -0.15) is 15.5 Å². The van der Waals surface area contributed by atoms with Crippen LogP contribution in [-0.2, 0) is 13.1 Å². The number of likely N-dealkylation sites (tertiary alicyclic amines) is 1. The van der Waals surface area contributed by atoms with Gasteiger partial charge in [-0.05, 0) is 43.5 Å². The van der Waals surface area contributed by atoms with E-state index in [9.17, 15) is 14.8 Å². The van der Waals surface area contributed by atoms with Gasteiger partial charge in [0.15, 0.2) is 12.3 Å². The zero-order chi connectivity index (χ0) is 27.1. The van der Waals surface area contributed by atoms with Gasteiger partial charge in [0.05, 0.1) is 47.6 Å². The summed E-state index contributed by atoms with van der Waals surface area (Å²) in [5, 5.41) is 29.0. The van der Waals surface area contributed by atoms with E-state index in [1.807, 2.05) is 17.2 Å². The SMILES string of the molecule is Cc1c(-c2cc(OC(CO)c3ccc(F)cn3)c3c(Cl)cnn3c2)nn2c1CN(C1CCN(C#N)CC1)CC2. The molecular formula is C27H28ClFN8O2. The van der Waals surface area contributed by atoms with E-state index in [1.165, 1.54) is 24.0 Å². The number of pyridine rings is 2. The van der Waals surface area contributed by atoms with Crippen LogP contribution in [0.15, 0.2) is 36.8 Å². The minimum atomic E-state index is -0.826. The van der Waals surface area contributed by atoms with Gasteiger partial charge in [-0.3, -0.25) is 14.6 Å². The summed E-state index contributed by atoms with van der Waals surface area (Å²) in [5.41, 5.74) is 4.82. The molecule has 1 atom stereocenters. The fourth-order valence-corrected chi connectivity index (χ4v) is 5.80. The molecule has 0 aromatic carbocycles.